The van der Waals surface area contributed by atoms with Gasteiger partial charge in [0.1, 0.15) is 5.69 Å². The largest absolute Gasteiger partial charge is 0.369 e. The van der Waals surface area contributed by atoms with E-state index in [0.29, 0.717) is 37.6 Å². The normalized spacial score (nSPS) is 17.9. The van der Waals surface area contributed by atoms with Crippen molar-refractivity contribution < 1.29 is 14.1 Å². The first-order valence-electron chi connectivity index (χ1n) is 9.15. The SMILES string of the molecule is CC(C)C(=O)N1CCN(c2cc(N3CCCC3)c(F)cc2[N+](=O)[O-])CC1. The Kier molecular flexibility index (Phi) is 5.29. The highest BCUT2D eigenvalue weighted by molar-refractivity contribution is 5.78. The van der Waals surface area contributed by atoms with E-state index in [1.54, 1.807) is 11.0 Å². The summed E-state index contributed by atoms with van der Waals surface area (Å²) in [5, 5.41) is 11.4. The first-order chi connectivity index (χ1) is 12.4. The molecule has 26 heavy (non-hydrogen) atoms. The second kappa shape index (κ2) is 7.47. The van der Waals surface area contributed by atoms with E-state index in [-0.39, 0.29) is 17.5 Å². The van der Waals surface area contributed by atoms with Crippen LogP contribution >= 0.6 is 0 Å². The van der Waals surface area contributed by atoms with Gasteiger partial charge >= 0.3 is 0 Å². The van der Waals surface area contributed by atoms with Crippen molar-refractivity contribution in [3.8, 4) is 0 Å². The minimum Gasteiger partial charge on any atom is -0.369 e. The molecule has 2 fully saturated rings. The van der Waals surface area contributed by atoms with Crippen LogP contribution in [0.1, 0.15) is 26.7 Å². The van der Waals surface area contributed by atoms with Crippen LogP contribution in [0.2, 0.25) is 0 Å². The van der Waals surface area contributed by atoms with Gasteiger partial charge in [-0.25, -0.2) is 4.39 Å². The van der Waals surface area contributed by atoms with Crippen molar-refractivity contribution in [3.63, 3.8) is 0 Å². The first-order valence-corrected chi connectivity index (χ1v) is 9.15. The molecule has 0 unspecified atom stereocenters. The van der Waals surface area contributed by atoms with E-state index >= 15 is 0 Å². The van der Waals surface area contributed by atoms with Crippen LogP contribution in [0.4, 0.5) is 21.5 Å². The van der Waals surface area contributed by atoms with Crippen molar-refractivity contribution in [1.82, 2.24) is 4.90 Å². The fourth-order valence-electron chi connectivity index (χ4n) is 3.67. The van der Waals surface area contributed by atoms with Gasteiger partial charge < -0.3 is 14.7 Å². The standard InChI is InChI=1S/C18H25FN4O3/c1-13(2)18(24)22-9-7-21(8-10-22)16-12-15(20-5-3-4-6-20)14(19)11-17(16)23(25)26/h11-13H,3-10H2,1-2H3. The molecule has 0 spiro atoms. The van der Waals surface area contributed by atoms with Crippen LogP contribution in [-0.2, 0) is 4.79 Å². The van der Waals surface area contributed by atoms with Gasteiger partial charge in [-0.3, -0.25) is 14.9 Å². The minimum absolute atomic E-state index is 0.0662. The molecular formula is C18H25FN4O3. The number of benzene rings is 1. The van der Waals surface area contributed by atoms with E-state index in [0.717, 1.165) is 32.0 Å². The Balaban J connectivity index is 1.85. The summed E-state index contributed by atoms with van der Waals surface area (Å²) in [5.74, 6) is -0.518. The third-order valence-corrected chi connectivity index (χ3v) is 5.11. The highest BCUT2D eigenvalue weighted by Crippen LogP contribution is 2.36. The van der Waals surface area contributed by atoms with Crippen LogP contribution in [0, 0.1) is 21.8 Å². The average Bonchev–Trinajstić information content (AvgIpc) is 3.15. The van der Waals surface area contributed by atoms with Gasteiger partial charge in [-0.1, -0.05) is 13.8 Å². The molecule has 0 atom stereocenters. The maximum atomic E-state index is 14.4. The minimum atomic E-state index is -0.545. The molecule has 0 radical (unpaired) electrons. The lowest BCUT2D eigenvalue weighted by Crippen LogP contribution is -2.50. The Morgan fingerprint density at radius 3 is 2.15 bits per heavy atom. The lowest BCUT2D eigenvalue weighted by atomic mass is 10.1. The Morgan fingerprint density at radius 1 is 1.04 bits per heavy atom. The van der Waals surface area contributed by atoms with Crippen LogP contribution in [0.3, 0.4) is 0 Å². The highest BCUT2D eigenvalue weighted by atomic mass is 19.1. The Hall–Kier alpha value is -2.38. The lowest BCUT2D eigenvalue weighted by molar-refractivity contribution is -0.384. The number of carbonyl (C=O) groups excluding carboxylic acids is 1. The summed E-state index contributed by atoms with van der Waals surface area (Å²) in [6.45, 7) is 7.31. The second-order valence-electron chi connectivity index (χ2n) is 7.21. The number of anilines is 2. The predicted octanol–water partition coefficient (Wildman–Crippen LogP) is 2.64. The van der Waals surface area contributed by atoms with Gasteiger partial charge in [0.25, 0.3) is 5.69 Å². The molecule has 8 heteroatoms. The van der Waals surface area contributed by atoms with Crippen LogP contribution in [-0.4, -0.2) is 55.0 Å². The topological polar surface area (TPSA) is 69.9 Å². The predicted molar refractivity (Wildman–Crippen MR) is 98.1 cm³/mol. The van der Waals surface area contributed by atoms with Crippen LogP contribution in [0.15, 0.2) is 12.1 Å². The molecule has 142 valence electrons. The number of nitro groups is 1. The number of nitrogens with zero attached hydrogens (tertiary/aromatic N) is 4. The van der Waals surface area contributed by atoms with E-state index < -0.39 is 10.7 Å². The maximum absolute atomic E-state index is 14.4. The van der Waals surface area contributed by atoms with Gasteiger partial charge in [0.2, 0.25) is 5.91 Å². The summed E-state index contributed by atoms with van der Waals surface area (Å²) in [6.07, 6.45) is 2.00. The Bertz CT molecular complexity index is 696. The van der Waals surface area contributed by atoms with Crippen molar-refractivity contribution in [3.05, 3.63) is 28.1 Å². The number of piperazine rings is 1. The van der Waals surface area contributed by atoms with Gasteiger partial charge in [0, 0.05) is 45.2 Å². The number of carbonyl (C=O) groups is 1. The van der Waals surface area contributed by atoms with Gasteiger partial charge in [-0.2, -0.15) is 0 Å². The van der Waals surface area contributed by atoms with Gasteiger partial charge in [0.15, 0.2) is 5.82 Å². The zero-order chi connectivity index (χ0) is 18.8. The molecule has 0 N–H and O–H groups in total. The molecule has 2 saturated heterocycles. The van der Waals surface area contributed by atoms with Crippen molar-refractivity contribution in [1.29, 1.82) is 0 Å². The van der Waals surface area contributed by atoms with Crippen LogP contribution in [0.5, 0.6) is 0 Å². The highest BCUT2D eigenvalue weighted by Gasteiger charge is 2.29. The Labute approximate surface area is 152 Å². The van der Waals surface area contributed by atoms with Crippen molar-refractivity contribution in [2.45, 2.75) is 26.7 Å². The monoisotopic (exact) mass is 364 g/mol. The third-order valence-electron chi connectivity index (χ3n) is 5.11. The molecule has 2 aliphatic rings. The second-order valence-corrected chi connectivity index (χ2v) is 7.21. The van der Waals surface area contributed by atoms with E-state index in [9.17, 15) is 19.3 Å². The molecule has 0 aromatic heterocycles. The molecule has 7 nitrogen and oxygen atoms in total. The molecule has 2 heterocycles. The van der Waals surface area contributed by atoms with Gasteiger partial charge in [0.05, 0.1) is 16.7 Å². The first kappa shape index (κ1) is 18.4. The molecule has 2 aliphatic heterocycles. The average molecular weight is 364 g/mol. The Morgan fingerprint density at radius 2 is 1.62 bits per heavy atom. The molecule has 1 aromatic carbocycles. The molecule has 0 bridgehead atoms. The summed E-state index contributed by atoms with van der Waals surface area (Å²) < 4.78 is 14.4. The zero-order valence-corrected chi connectivity index (χ0v) is 15.3. The number of rotatable bonds is 4. The summed E-state index contributed by atoms with van der Waals surface area (Å²) in [5.41, 5.74) is 0.660. The maximum Gasteiger partial charge on any atom is 0.295 e. The van der Waals surface area contributed by atoms with E-state index in [2.05, 4.69) is 0 Å². The quantitative estimate of drug-likeness (QED) is 0.607. The third kappa shape index (κ3) is 3.59. The smallest absolute Gasteiger partial charge is 0.295 e. The number of halogens is 1. The zero-order valence-electron chi connectivity index (χ0n) is 15.3. The van der Waals surface area contributed by atoms with Gasteiger partial charge in [-0.15, -0.1) is 0 Å². The number of hydrogen-bond donors (Lipinski definition) is 0. The van der Waals surface area contributed by atoms with Crippen molar-refractivity contribution in [2.24, 2.45) is 5.92 Å². The van der Waals surface area contributed by atoms with E-state index in [1.807, 2.05) is 23.6 Å². The fraction of sp³-hybridized carbons (Fsp3) is 0.611. The van der Waals surface area contributed by atoms with E-state index in [1.165, 1.54) is 0 Å². The number of nitro benzene ring substituents is 1. The fourth-order valence-corrected chi connectivity index (χ4v) is 3.67. The summed E-state index contributed by atoms with van der Waals surface area (Å²) in [6, 6.07) is 2.65. The van der Waals surface area contributed by atoms with Crippen LogP contribution < -0.4 is 9.80 Å². The molecular weight excluding hydrogens is 339 g/mol. The molecule has 0 saturated carbocycles. The molecule has 1 amide bonds. The molecule has 3 rings (SSSR count). The van der Waals surface area contributed by atoms with E-state index in [4.69, 9.17) is 0 Å². The van der Waals surface area contributed by atoms with Crippen molar-refractivity contribution >= 4 is 23.0 Å². The molecule has 1 aromatic rings. The molecule has 0 aliphatic carbocycles. The lowest BCUT2D eigenvalue weighted by Gasteiger charge is -2.37. The summed E-state index contributed by atoms with van der Waals surface area (Å²) >= 11 is 0. The van der Waals surface area contributed by atoms with Gasteiger partial charge in [-0.05, 0) is 18.9 Å². The summed E-state index contributed by atoms with van der Waals surface area (Å²) in [4.78, 5) is 28.7. The number of amides is 1. The van der Waals surface area contributed by atoms with Crippen LogP contribution in [0.25, 0.3) is 0 Å². The number of hydrogen-bond acceptors (Lipinski definition) is 5. The van der Waals surface area contributed by atoms with Crippen molar-refractivity contribution in [2.75, 3.05) is 49.1 Å². The summed E-state index contributed by atoms with van der Waals surface area (Å²) in [7, 11) is 0.